The van der Waals surface area contributed by atoms with E-state index in [1.165, 1.54) is 5.56 Å². The molecule has 188 valence electrons. The van der Waals surface area contributed by atoms with Gasteiger partial charge in [0.2, 0.25) is 0 Å². The largest absolute Gasteiger partial charge is 0.368 e. The number of halogens is 1. The van der Waals surface area contributed by atoms with Crippen LogP contribution in [0.25, 0.3) is 0 Å². The van der Waals surface area contributed by atoms with Gasteiger partial charge in [0.25, 0.3) is 5.91 Å². The van der Waals surface area contributed by atoms with Crippen molar-refractivity contribution in [2.45, 2.75) is 32.0 Å². The lowest BCUT2D eigenvalue weighted by Crippen LogP contribution is -2.48. The number of piperazine rings is 1. The van der Waals surface area contributed by atoms with Gasteiger partial charge in [-0.3, -0.25) is 19.7 Å². The molecule has 0 aliphatic carbocycles. The second-order valence-electron chi connectivity index (χ2n) is 9.69. The Hall–Kier alpha value is -3.00. The number of rotatable bonds is 7. The van der Waals surface area contributed by atoms with Gasteiger partial charge in [-0.2, -0.15) is 0 Å². The molecule has 2 unspecified atom stereocenters. The number of anilines is 1. The van der Waals surface area contributed by atoms with E-state index in [1.807, 2.05) is 53.7 Å². The Balaban J connectivity index is 1.10. The van der Waals surface area contributed by atoms with E-state index in [-0.39, 0.29) is 11.9 Å². The number of likely N-dealkylation sites (tertiary alicyclic amines) is 1. The van der Waals surface area contributed by atoms with E-state index < -0.39 is 0 Å². The summed E-state index contributed by atoms with van der Waals surface area (Å²) < 4.78 is 0. The average Bonchev–Trinajstić information content (AvgIpc) is 3.36. The van der Waals surface area contributed by atoms with Crippen LogP contribution in [0, 0.1) is 0 Å². The van der Waals surface area contributed by atoms with Crippen LogP contribution < -0.4 is 10.2 Å². The molecule has 1 N–H and O–H groups in total. The Morgan fingerprint density at radius 1 is 1.03 bits per heavy atom. The minimum absolute atomic E-state index is 0.0490. The number of nitrogens with zero attached hydrogens (tertiary/aromatic N) is 5. The summed E-state index contributed by atoms with van der Waals surface area (Å²) in [5.41, 5.74) is 4.05. The van der Waals surface area contributed by atoms with Crippen molar-refractivity contribution in [3.8, 4) is 0 Å². The molecule has 5 rings (SSSR count). The van der Waals surface area contributed by atoms with Crippen LogP contribution in [0.2, 0.25) is 5.02 Å². The number of nitrogens with one attached hydrogen (secondary N) is 1. The SMILES string of the molecule is CC(NC1CCN(Cc2ccncc2)C1)c1ccc(C(=O)N2CCN(c3ccc(Cl)cc3)CC2)cn1. The molecule has 2 saturated heterocycles. The molecule has 0 saturated carbocycles. The van der Waals surface area contributed by atoms with Crippen LogP contribution in [0.4, 0.5) is 5.69 Å². The van der Waals surface area contributed by atoms with Gasteiger partial charge in [-0.15, -0.1) is 0 Å². The van der Waals surface area contributed by atoms with E-state index in [0.29, 0.717) is 24.7 Å². The fourth-order valence-corrected chi connectivity index (χ4v) is 5.21. The van der Waals surface area contributed by atoms with Crippen molar-refractivity contribution in [1.82, 2.24) is 25.1 Å². The van der Waals surface area contributed by atoms with Crippen molar-refractivity contribution in [2.24, 2.45) is 0 Å². The van der Waals surface area contributed by atoms with Gasteiger partial charge < -0.3 is 15.1 Å². The fourth-order valence-electron chi connectivity index (χ4n) is 5.09. The second kappa shape index (κ2) is 11.4. The number of aromatic nitrogens is 2. The van der Waals surface area contributed by atoms with Crippen molar-refractivity contribution < 1.29 is 4.79 Å². The number of carbonyl (C=O) groups is 1. The lowest BCUT2D eigenvalue weighted by Gasteiger charge is -2.36. The van der Waals surface area contributed by atoms with Crippen LogP contribution in [0.15, 0.2) is 67.1 Å². The molecule has 3 aromatic rings. The molecular formula is C28H33ClN6O. The van der Waals surface area contributed by atoms with Gasteiger partial charge in [0.1, 0.15) is 0 Å². The van der Waals surface area contributed by atoms with E-state index >= 15 is 0 Å². The molecule has 8 heteroatoms. The first kappa shape index (κ1) is 24.7. The van der Waals surface area contributed by atoms with Crippen LogP contribution >= 0.6 is 11.6 Å². The predicted molar refractivity (Wildman–Crippen MR) is 143 cm³/mol. The molecule has 4 heterocycles. The van der Waals surface area contributed by atoms with E-state index in [4.69, 9.17) is 11.6 Å². The van der Waals surface area contributed by atoms with Gasteiger partial charge in [-0.25, -0.2) is 0 Å². The lowest BCUT2D eigenvalue weighted by atomic mass is 10.1. The Morgan fingerprint density at radius 2 is 1.78 bits per heavy atom. The summed E-state index contributed by atoms with van der Waals surface area (Å²) in [6.07, 6.45) is 6.55. The summed E-state index contributed by atoms with van der Waals surface area (Å²) in [6, 6.07) is 16.5. The standard InChI is InChI=1S/C28H33ClN6O/c1-21(32-25-10-13-33(20-25)19-22-8-11-30-12-9-22)27-7-2-23(18-31-27)28(36)35-16-14-34(15-17-35)26-5-3-24(29)4-6-26/h2-9,11-12,18,21,25,32H,10,13-17,19-20H2,1H3. The third-order valence-corrected chi connectivity index (χ3v) is 7.40. The molecule has 2 fully saturated rings. The smallest absolute Gasteiger partial charge is 0.255 e. The Kier molecular flexibility index (Phi) is 7.80. The van der Waals surface area contributed by atoms with Gasteiger partial charge in [-0.05, 0) is 67.4 Å². The summed E-state index contributed by atoms with van der Waals surface area (Å²) >= 11 is 6.00. The van der Waals surface area contributed by atoms with E-state index in [9.17, 15) is 4.79 Å². The number of amides is 1. The second-order valence-corrected chi connectivity index (χ2v) is 10.1. The first-order chi connectivity index (χ1) is 17.5. The highest BCUT2D eigenvalue weighted by Gasteiger charge is 2.25. The Morgan fingerprint density at radius 3 is 2.47 bits per heavy atom. The van der Waals surface area contributed by atoms with Gasteiger partial charge in [0.05, 0.1) is 11.3 Å². The molecular weight excluding hydrogens is 472 g/mol. The maximum absolute atomic E-state index is 13.1. The van der Waals surface area contributed by atoms with E-state index in [0.717, 1.165) is 55.5 Å². The van der Waals surface area contributed by atoms with Crippen LogP contribution in [0.1, 0.15) is 41.0 Å². The fraction of sp³-hybridized carbons (Fsp3) is 0.393. The third kappa shape index (κ3) is 6.03. The highest BCUT2D eigenvalue weighted by molar-refractivity contribution is 6.30. The summed E-state index contributed by atoms with van der Waals surface area (Å²) in [5.74, 6) is 0.0490. The van der Waals surface area contributed by atoms with Crippen molar-refractivity contribution in [3.63, 3.8) is 0 Å². The highest BCUT2D eigenvalue weighted by Crippen LogP contribution is 2.21. The predicted octanol–water partition coefficient (Wildman–Crippen LogP) is 4.02. The van der Waals surface area contributed by atoms with Crippen molar-refractivity contribution >= 4 is 23.2 Å². The minimum atomic E-state index is 0.0490. The average molecular weight is 505 g/mol. The number of hydrogen-bond acceptors (Lipinski definition) is 6. The molecule has 2 aromatic heterocycles. The number of hydrogen-bond donors (Lipinski definition) is 1. The van der Waals surface area contributed by atoms with E-state index in [1.54, 1.807) is 6.20 Å². The van der Waals surface area contributed by atoms with Crippen molar-refractivity contribution in [2.75, 3.05) is 44.2 Å². The number of carbonyl (C=O) groups excluding carboxylic acids is 1. The first-order valence-electron chi connectivity index (χ1n) is 12.7. The zero-order valence-electron chi connectivity index (χ0n) is 20.7. The van der Waals surface area contributed by atoms with Crippen LogP contribution in [-0.4, -0.2) is 71.0 Å². The van der Waals surface area contributed by atoms with Crippen molar-refractivity contribution in [1.29, 1.82) is 0 Å². The molecule has 1 amide bonds. The minimum Gasteiger partial charge on any atom is -0.368 e. The van der Waals surface area contributed by atoms with Crippen LogP contribution in [0.3, 0.4) is 0 Å². The maximum Gasteiger partial charge on any atom is 0.255 e. The molecule has 7 nitrogen and oxygen atoms in total. The summed E-state index contributed by atoms with van der Waals surface area (Å²) in [5, 5.41) is 4.46. The maximum atomic E-state index is 13.1. The molecule has 2 atom stereocenters. The summed E-state index contributed by atoms with van der Waals surface area (Å²) in [4.78, 5) is 28.5. The van der Waals surface area contributed by atoms with Crippen LogP contribution in [0.5, 0.6) is 0 Å². The molecule has 1 aromatic carbocycles. The quantitative estimate of drug-likeness (QED) is 0.524. The van der Waals surface area contributed by atoms with Gasteiger partial charge >= 0.3 is 0 Å². The first-order valence-corrected chi connectivity index (χ1v) is 13.1. The molecule has 0 spiro atoms. The van der Waals surface area contributed by atoms with Crippen LogP contribution in [-0.2, 0) is 6.54 Å². The molecule has 2 aliphatic heterocycles. The summed E-state index contributed by atoms with van der Waals surface area (Å²) in [6.45, 7) is 8.20. The van der Waals surface area contributed by atoms with Crippen molar-refractivity contribution in [3.05, 3.63) is 89.0 Å². The summed E-state index contributed by atoms with van der Waals surface area (Å²) in [7, 11) is 0. The lowest BCUT2D eigenvalue weighted by molar-refractivity contribution is 0.0746. The molecule has 2 aliphatic rings. The highest BCUT2D eigenvalue weighted by atomic mass is 35.5. The molecule has 0 bridgehead atoms. The molecule has 0 radical (unpaired) electrons. The normalized spacial score (nSPS) is 19.4. The zero-order chi connectivity index (χ0) is 24.9. The zero-order valence-corrected chi connectivity index (χ0v) is 21.4. The third-order valence-electron chi connectivity index (χ3n) is 7.15. The molecule has 36 heavy (non-hydrogen) atoms. The monoisotopic (exact) mass is 504 g/mol. The number of pyridine rings is 2. The van der Waals surface area contributed by atoms with Gasteiger partial charge in [0.15, 0.2) is 0 Å². The van der Waals surface area contributed by atoms with E-state index in [2.05, 4.69) is 44.1 Å². The number of benzene rings is 1. The van der Waals surface area contributed by atoms with Gasteiger partial charge in [0, 0.05) is 87.2 Å². The topological polar surface area (TPSA) is 64.6 Å². The van der Waals surface area contributed by atoms with Gasteiger partial charge in [-0.1, -0.05) is 11.6 Å². The Labute approximate surface area is 218 Å². The Bertz CT molecular complexity index is 1130.